The lowest BCUT2D eigenvalue weighted by atomic mass is 9.67. The van der Waals surface area contributed by atoms with Crippen LogP contribution < -0.4 is 0 Å². The number of esters is 2. The van der Waals surface area contributed by atoms with E-state index in [1.165, 1.54) is 6.08 Å². The van der Waals surface area contributed by atoms with E-state index in [9.17, 15) is 19.5 Å². The van der Waals surface area contributed by atoms with E-state index in [-0.39, 0.29) is 23.2 Å². The number of aliphatic hydroxyl groups is 1. The van der Waals surface area contributed by atoms with E-state index in [1.54, 1.807) is 32.9 Å². The standard InChI is InChI=1S/C20H24O6/c1-6-9(2)18(23)26-17-14-11(4)19(24)25-16(14)15(22)10(3)12-7-8-13(21)20(12,17)5/h6-8,10,12,14-17,22H,4H2,1-3,5H3/b9-6-/t10-,12-,14+,15-,16+,17-,20-/m1/s1. The largest absolute Gasteiger partial charge is 0.457 e. The Bertz CT molecular complexity index is 747. The molecule has 1 aliphatic heterocycles. The number of hydrogen-bond acceptors (Lipinski definition) is 6. The highest BCUT2D eigenvalue weighted by molar-refractivity contribution is 5.99. The van der Waals surface area contributed by atoms with Crippen molar-refractivity contribution in [2.45, 2.75) is 46.0 Å². The first-order valence-corrected chi connectivity index (χ1v) is 8.79. The Morgan fingerprint density at radius 3 is 2.69 bits per heavy atom. The van der Waals surface area contributed by atoms with Crippen LogP contribution in [0.5, 0.6) is 0 Å². The van der Waals surface area contributed by atoms with E-state index < -0.39 is 41.6 Å². The Labute approximate surface area is 152 Å². The SMILES string of the molecule is C=C1C(=O)O[C@@H]2[C@H](O)[C@H](C)[C@H]3C=CC(=O)[C@]3(C)[C@H](OC(=O)/C(C)=C\C)[C@@H]12. The molecule has 1 heterocycles. The third kappa shape index (κ3) is 2.39. The number of fused-ring (bicyclic) bond motifs is 2. The number of ether oxygens (including phenoxy) is 2. The normalized spacial score (nSPS) is 42.2. The molecule has 0 radical (unpaired) electrons. The maximum absolute atomic E-state index is 12.8. The molecule has 3 aliphatic rings. The molecule has 0 bridgehead atoms. The summed E-state index contributed by atoms with van der Waals surface area (Å²) >= 11 is 0. The lowest BCUT2D eigenvalue weighted by Gasteiger charge is -2.39. The molecule has 140 valence electrons. The van der Waals surface area contributed by atoms with Crippen LogP contribution in [0.2, 0.25) is 0 Å². The number of carbonyl (C=O) groups is 3. The van der Waals surface area contributed by atoms with Gasteiger partial charge in [-0.05, 0) is 38.7 Å². The van der Waals surface area contributed by atoms with Crippen molar-refractivity contribution < 1.29 is 29.0 Å². The number of ketones is 1. The van der Waals surface area contributed by atoms with Crippen molar-refractivity contribution in [1.82, 2.24) is 0 Å². The van der Waals surface area contributed by atoms with Crippen molar-refractivity contribution in [3.05, 3.63) is 36.0 Å². The van der Waals surface area contributed by atoms with E-state index in [4.69, 9.17) is 9.47 Å². The quantitative estimate of drug-likeness (QED) is 0.596. The smallest absolute Gasteiger partial charge is 0.334 e. The average molecular weight is 360 g/mol. The van der Waals surface area contributed by atoms with Crippen LogP contribution in [0.15, 0.2) is 36.0 Å². The molecule has 3 rings (SSSR count). The van der Waals surface area contributed by atoms with Crippen molar-refractivity contribution in [1.29, 1.82) is 0 Å². The molecule has 0 aromatic carbocycles. The zero-order valence-electron chi connectivity index (χ0n) is 15.4. The van der Waals surface area contributed by atoms with Crippen molar-refractivity contribution in [3.8, 4) is 0 Å². The summed E-state index contributed by atoms with van der Waals surface area (Å²) in [6.45, 7) is 10.7. The van der Waals surface area contributed by atoms with Gasteiger partial charge in [-0.3, -0.25) is 4.79 Å². The second kappa shape index (κ2) is 6.20. The molecule has 0 aromatic rings. The summed E-state index contributed by atoms with van der Waals surface area (Å²) in [5.41, 5.74) is -0.576. The molecule has 1 N–H and O–H groups in total. The molecule has 7 atom stereocenters. The molecule has 0 unspecified atom stereocenters. The molecule has 1 saturated heterocycles. The van der Waals surface area contributed by atoms with Gasteiger partial charge in [-0.1, -0.05) is 25.7 Å². The molecule has 6 heteroatoms. The first-order chi connectivity index (χ1) is 12.1. The Morgan fingerprint density at radius 1 is 1.42 bits per heavy atom. The lowest BCUT2D eigenvalue weighted by molar-refractivity contribution is -0.161. The first kappa shape index (κ1) is 18.6. The van der Waals surface area contributed by atoms with Gasteiger partial charge in [0.15, 0.2) is 5.78 Å². The van der Waals surface area contributed by atoms with Gasteiger partial charge < -0.3 is 14.6 Å². The minimum atomic E-state index is -1.10. The molecule has 0 amide bonds. The summed E-state index contributed by atoms with van der Waals surface area (Å²) in [6, 6.07) is 0. The van der Waals surface area contributed by atoms with Crippen LogP contribution in [-0.4, -0.2) is 41.1 Å². The van der Waals surface area contributed by atoms with Gasteiger partial charge >= 0.3 is 11.9 Å². The third-order valence-corrected chi connectivity index (χ3v) is 6.29. The van der Waals surface area contributed by atoms with E-state index >= 15 is 0 Å². The molecular formula is C20H24O6. The summed E-state index contributed by atoms with van der Waals surface area (Å²) < 4.78 is 11.1. The van der Waals surface area contributed by atoms with Gasteiger partial charge in [0.05, 0.1) is 17.4 Å². The first-order valence-electron chi connectivity index (χ1n) is 8.79. The van der Waals surface area contributed by atoms with Gasteiger partial charge in [-0.25, -0.2) is 9.59 Å². The van der Waals surface area contributed by atoms with Crippen molar-refractivity contribution in [3.63, 3.8) is 0 Å². The summed E-state index contributed by atoms with van der Waals surface area (Å²) in [5.74, 6) is -2.86. The van der Waals surface area contributed by atoms with E-state index in [1.807, 2.05) is 6.92 Å². The number of carbonyl (C=O) groups excluding carboxylic acids is 3. The van der Waals surface area contributed by atoms with Crippen LogP contribution in [0, 0.1) is 23.2 Å². The maximum atomic E-state index is 12.8. The lowest BCUT2D eigenvalue weighted by Crippen LogP contribution is -2.49. The summed E-state index contributed by atoms with van der Waals surface area (Å²) in [7, 11) is 0. The van der Waals surface area contributed by atoms with E-state index in [0.717, 1.165) is 0 Å². The summed E-state index contributed by atoms with van der Waals surface area (Å²) in [4.78, 5) is 37.4. The molecule has 2 aliphatic carbocycles. The number of hydrogen-bond donors (Lipinski definition) is 1. The van der Waals surface area contributed by atoms with Gasteiger partial charge in [0.1, 0.15) is 12.2 Å². The molecule has 0 aromatic heterocycles. The highest BCUT2D eigenvalue weighted by Gasteiger charge is 2.64. The number of allylic oxidation sites excluding steroid dienone is 3. The number of rotatable bonds is 2. The average Bonchev–Trinajstić information content (AvgIpc) is 3.06. The highest BCUT2D eigenvalue weighted by Crippen LogP contribution is 2.54. The molecule has 6 nitrogen and oxygen atoms in total. The van der Waals surface area contributed by atoms with Gasteiger partial charge in [0.25, 0.3) is 0 Å². The van der Waals surface area contributed by atoms with Gasteiger partial charge in [-0.15, -0.1) is 0 Å². The summed E-state index contributed by atoms with van der Waals surface area (Å²) in [5, 5.41) is 10.8. The van der Waals surface area contributed by atoms with Gasteiger partial charge in [-0.2, -0.15) is 0 Å². The fourth-order valence-corrected chi connectivity index (χ4v) is 4.44. The number of aliphatic hydroxyl groups excluding tert-OH is 1. The highest BCUT2D eigenvalue weighted by atomic mass is 16.6. The summed E-state index contributed by atoms with van der Waals surface area (Å²) in [6.07, 6.45) is 2.00. The van der Waals surface area contributed by atoms with Crippen LogP contribution in [-0.2, 0) is 23.9 Å². The zero-order chi connectivity index (χ0) is 19.4. The predicted molar refractivity (Wildman–Crippen MR) is 92.7 cm³/mol. The van der Waals surface area contributed by atoms with Crippen molar-refractivity contribution in [2.75, 3.05) is 0 Å². The topological polar surface area (TPSA) is 89.9 Å². The van der Waals surface area contributed by atoms with Gasteiger partial charge in [0.2, 0.25) is 0 Å². The third-order valence-electron chi connectivity index (χ3n) is 6.29. The van der Waals surface area contributed by atoms with Crippen LogP contribution in [0.25, 0.3) is 0 Å². The Morgan fingerprint density at radius 2 is 2.08 bits per heavy atom. The van der Waals surface area contributed by atoms with Crippen LogP contribution in [0.3, 0.4) is 0 Å². The second-order valence-electron chi connectivity index (χ2n) is 7.60. The fraction of sp³-hybridized carbons (Fsp3) is 0.550. The minimum absolute atomic E-state index is 0.124. The Kier molecular flexibility index (Phi) is 4.43. The minimum Gasteiger partial charge on any atom is -0.457 e. The molecule has 26 heavy (non-hydrogen) atoms. The molecule has 1 saturated carbocycles. The monoisotopic (exact) mass is 360 g/mol. The molecule has 2 fully saturated rings. The Hall–Kier alpha value is -2.21. The molecular weight excluding hydrogens is 336 g/mol. The van der Waals surface area contributed by atoms with Crippen LogP contribution >= 0.6 is 0 Å². The maximum Gasteiger partial charge on any atom is 0.334 e. The zero-order valence-corrected chi connectivity index (χ0v) is 15.4. The van der Waals surface area contributed by atoms with Crippen LogP contribution in [0.4, 0.5) is 0 Å². The second-order valence-corrected chi connectivity index (χ2v) is 7.60. The van der Waals surface area contributed by atoms with Crippen molar-refractivity contribution >= 4 is 17.7 Å². The predicted octanol–water partition coefficient (Wildman–Crippen LogP) is 1.73. The van der Waals surface area contributed by atoms with Crippen LogP contribution in [0.1, 0.15) is 27.7 Å². The van der Waals surface area contributed by atoms with Crippen molar-refractivity contribution in [2.24, 2.45) is 23.2 Å². The van der Waals surface area contributed by atoms with E-state index in [0.29, 0.717) is 5.57 Å². The van der Waals surface area contributed by atoms with Gasteiger partial charge in [0, 0.05) is 11.1 Å². The Balaban J connectivity index is 2.14. The molecule has 0 spiro atoms. The fourth-order valence-electron chi connectivity index (χ4n) is 4.44. The van der Waals surface area contributed by atoms with E-state index in [2.05, 4.69) is 6.58 Å².